The quantitative estimate of drug-likeness (QED) is 0.232. The Morgan fingerprint density at radius 2 is 1.77 bits per heavy atom. The van der Waals surface area contributed by atoms with Crippen LogP contribution in [0.1, 0.15) is 21.5 Å². The lowest BCUT2D eigenvalue weighted by atomic mass is 10.1. The molecule has 0 saturated heterocycles. The SMILES string of the molecule is Cc1ccc(C(=O)CSc2nc3ccccc3c(=O)n2-c2cc(Cl)ccc2C)cc1. The number of carbonyl (C=O) groups is 1. The van der Waals surface area contributed by atoms with Crippen molar-refractivity contribution in [3.63, 3.8) is 0 Å². The summed E-state index contributed by atoms with van der Waals surface area (Å²) in [5.74, 6) is 0.157. The molecule has 4 nitrogen and oxygen atoms in total. The van der Waals surface area contributed by atoms with E-state index in [9.17, 15) is 9.59 Å². The van der Waals surface area contributed by atoms with Gasteiger partial charge in [0.1, 0.15) is 0 Å². The first-order valence-electron chi connectivity index (χ1n) is 9.45. The van der Waals surface area contributed by atoms with Crippen LogP contribution in [0, 0.1) is 13.8 Å². The average molecular weight is 435 g/mol. The molecule has 3 aromatic carbocycles. The third-order valence-corrected chi connectivity index (χ3v) is 6.04. The number of hydrogen-bond donors (Lipinski definition) is 0. The molecule has 0 unspecified atom stereocenters. The standard InChI is InChI=1S/C24H19ClN2O2S/c1-15-7-10-17(11-8-15)22(28)14-30-24-26-20-6-4-3-5-19(20)23(29)27(24)21-13-18(25)12-9-16(21)2/h3-13H,14H2,1-2H3. The molecule has 0 aliphatic carbocycles. The van der Waals surface area contributed by atoms with Crippen molar-refractivity contribution in [2.45, 2.75) is 19.0 Å². The van der Waals surface area contributed by atoms with Gasteiger partial charge in [-0.1, -0.05) is 71.4 Å². The molecule has 4 rings (SSSR count). The summed E-state index contributed by atoms with van der Waals surface area (Å²) in [7, 11) is 0. The van der Waals surface area contributed by atoms with E-state index in [0.29, 0.717) is 32.3 Å². The summed E-state index contributed by atoms with van der Waals surface area (Å²) in [6, 6.07) is 20.1. The second-order valence-electron chi connectivity index (χ2n) is 7.06. The van der Waals surface area contributed by atoms with Crippen molar-refractivity contribution in [1.29, 1.82) is 0 Å². The van der Waals surface area contributed by atoms with E-state index in [2.05, 4.69) is 0 Å². The van der Waals surface area contributed by atoms with Gasteiger partial charge in [0.2, 0.25) is 0 Å². The smallest absolute Gasteiger partial charge is 0.266 e. The fourth-order valence-electron chi connectivity index (χ4n) is 3.20. The maximum absolute atomic E-state index is 13.3. The van der Waals surface area contributed by atoms with Crippen LogP contribution in [0.5, 0.6) is 0 Å². The highest BCUT2D eigenvalue weighted by molar-refractivity contribution is 7.99. The van der Waals surface area contributed by atoms with Crippen molar-refractivity contribution in [3.05, 3.63) is 98.8 Å². The number of para-hydroxylation sites is 1. The van der Waals surface area contributed by atoms with Gasteiger partial charge in [0.15, 0.2) is 10.9 Å². The molecule has 150 valence electrons. The summed E-state index contributed by atoms with van der Waals surface area (Å²) in [5.41, 5.74) is 3.71. The van der Waals surface area contributed by atoms with Gasteiger partial charge in [-0.2, -0.15) is 0 Å². The van der Waals surface area contributed by atoms with Crippen LogP contribution in [0.25, 0.3) is 16.6 Å². The molecular weight excluding hydrogens is 416 g/mol. The van der Waals surface area contributed by atoms with E-state index in [1.165, 1.54) is 11.8 Å². The molecule has 0 N–H and O–H groups in total. The Kier molecular flexibility index (Phi) is 5.75. The maximum Gasteiger partial charge on any atom is 0.266 e. The minimum atomic E-state index is -0.184. The van der Waals surface area contributed by atoms with Gasteiger partial charge in [0.05, 0.1) is 22.3 Å². The molecule has 0 aliphatic rings. The molecule has 0 aliphatic heterocycles. The third-order valence-electron chi connectivity index (χ3n) is 4.86. The maximum atomic E-state index is 13.3. The highest BCUT2D eigenvalue weighted by Gasteiger charge is 2.17. The molecule has 0 radical (unpaired) electrons. The zero-order valence-electron chi connectivity index (χ0n) is 16.6. The number of Topliss-reactive ketones (excluding diaryl/α,β-unsaturated/α-hetero) is 1. The fraction of sp³-hybridized carbons (Fsp3) is 0.125. The van der Waals surface area contributed by atoms with Crippen LogP contribution < -0.4 is 5.56 Å². The number of hydrogen-bond acceptors (Lipinski definition) is 4. The van der Waals surface area contributed by atoms with E-state index in [1.54, 1.807) is 28.8 Å². The van der Waals surface area contributed by atoms with Crippen LogP contribution in [0.3, 0.4) is 0 Å². The summed E-state index contributed by atoms with van der Waals surface area (Å²) in [6.45, 7) is 3.90. The minimum absolute atomic E-state index is 0.0169. The first-order valence-corrected chi connectivity index (χ1v) is 10.8. The highest BCUT2D eigenvalue weighted by Crippen LogP contribution is 2.26. The number of aromatic nitrogens is 2. The minimum Gasteiger partial charge on any atom is -0.293 e. The Morgan fingerprint density at radius 3 is 2.53 bits per heavy atom. The van der Waals surface area contributed by atoms with Crippen molar-refractivity contribution in [3.8, 4) is 5.69 Å². The predicted octanol–water partition coefficient (Wildman–Crippen LogP) is 5.63. The molecule has 1 heterocycles. The van der Waals surface area contributed by atoms with Gasteiger partial charge in [0.25, 0.3) is 5.56 Å². The summed E-state index contributed by atoms with van der Waals surface area (Å²) >= 11 is 7.47. The number of halogens is 1. The van der Waals surface area contributed by atoms with Crippen molar-refractivity contribution >= 4 is 40.0 Å². The number of rotatable bonds is 5. The molecule has 0 saturated carbocycles. The lowest BCUT2D eigenvalue weighted by molar-refractivity contribution is 0.102. The van der Waals surface area contributed by atoms with Crippen molar-refractivity contribution in [2.75, 3.05) is 5.75 Å². The Labute approximate surface area is 183 Å². The summed E-state index contributed by atoms with van der Waals surface area (Å²) in [6.07, 6.45) is 0. The van der Waals surface area contributed by atoms with Crippen molar-refractivity contribution < 1.29 is 4.79 Å². The highest BCUT2D eigenvalue weighted by atomic mass is 35.5. The normalized spacial score (nSPS) is 11.0. The molecule has 0 fully saturated rings. The van der Waals surface area contributed by atoms with Gasteiger partial charge in [-0.15, -0.1) is 0 Å². The van der Waals surface area contributed by atoms with Crippen LogP contribution in [-0.2, 0) is 0 Å². The lowest BCUT2D eigenvalue weighted by Gasteiger charge is -2.15. The van der Waals surface area contributed by atoms with Crippen LogP contribution in [0.15, 0.2) is 76.7 Å². The van der Waals surface area contributed by atoms with Crippen LogP contribution >= 0.6 is 23.4 Å². The number of thioether (sulfide) groups is 1. The number of ketones is 1. The number of benzene rings is 3. The fourth-order valence-corrected chi connectivity index (χ4v) is 4.26. The summed E-state index contributed by atoms with van der Waals surface area (Å²) in [4.78, 5) is 30.7. The Morgan fingerprint density at radius 1 is 1.03 bits per heavy atom. The van der Waals surface area contributed by atoms with E-state index in [0.717, 1.165) is 11.1 Å². The van der Waals surface area contributed by atoms with E-state index >= 15 is 0 Å². The topological polar surface area (TPSA) is 52.0 Å². The zero-order valence-corrected chi connectivity index (χ0v) is 18.1. The summed E-state index contributed by atoms with van der Waals surface area (Å²) < 4.78 is 1.55. The molecule has 0 amide bonds. The van der Waals surface area contributed by atoms with E-state index in [1.807, 2.05) is 56.3 Å². The molecule has 1 aromatic heterocycles. The number of fused-ring (bicyclic) bond motifs is 1. The van der Waals surface area contributed by atoms with Crippen LogP contribution in [0.2, 0.25) is 5.02 Å². The van der Waals surface area contributed by atoms with Gasteiger partial charge in [-0.05, 0) is 43.7 Å². The van der Waals surface area contributed by atoms with Crippen LogP contribution in [-0.4, -0.2) is 21.1 Å². The lowest BCUT2D eigenvalue weighted by Crippen LogP contribution is -2.23. The number of aryl methyl sites for hydroxylation is 2. The van der Waals surface area contributed by atoms with Gasteiger partial charge in [0, 0.05) is 10.6 Å². The molecule has 6 heteroatoms. The molecule has 0 spiro atoms. The van der Waals surface area contributed by atoms with Gasteiger partial charge in [-0.25, -0.2) is 4.98 Å². The largest absolute Gasteiger partial charge is 0.293 e. The molecule has 0 bridgehead atoms. The second kappa shape index (κ2) is 8.46. The van der Waals surface area contributed by atoms with Gasteiger partial charge in [-0.3, -0.25) is 14.2 Å². The monoisotopic (exact) mass is 434 g/mol. The average Bonchev–Trinajstić information content (AvgIpc) is 2.74. The molecule has 30 heavy (non-hydrogen) atoms. The molecular formula is C24H19ClN2O2S. The Hall–Kier alpha value is -2.89. The first kappa shape index (κ1) is 20.4. The van der Waals surface area contributed by atoms with E-state index in [4.69, 9.17) is 16.6 Å². The third kappa shape index (κ3) is 4.04. The molecule has 0 atom stereocenters. The van der Waals surface area contributed by atoms with E-state index in [-0.39, 0.29) is 17.1 Å². The van der Waals surface area contributed by atoms with Crippen molar-refractivity contribution in [2.24, 2.45) is 0 Å². The second-order valence-corrected chi connectivity index (χ2v) is 8.44. The first-order chi connectivity index (χ1) is 14.4. The summed E-state index contributed by atoms with van der Waals surface area (Å²) in [5, 5.41) is 1.51. The Balaban J connectivity index is 1.80. The van der Waals surface area contributed by atoms with Crippen LogP contribution in [0.4, 0.5) is 0 Å². The molecule has 4 aromatic rings. The number of carbonyl (C=O) groups excluding carboxylic acids is 1. The zero-order chi connectivity index (χ0) is 21.3. The van der Waals surface area contributed by atoms with Gasteiger partial charge >= 0.3 is 0 Å². The van der Waals surface area contributed by atoms with Crippen molar-refractivity contribution in [1.82, 2.24) is 9.55 Å². The number of nitrogens with zero attached hydrogens (tertiary/aromatic N) is 2. The van der Waals surface area contributed by atoms with E-state index < -0.39 is 0 Å². The Bertz CT molecular complexity index is 1310. The predicted molar refractivity (Wildman–Crippen MR) is 123 cm³/mol. The van der Waals surface area contributed by atoms with Gasteiger partial charge < -0.3 is 0 Å².